The quantitative estimate of drug-likeness (QED) is 0.274. The molecular weight excluding hydrogens is 442 g/mol. The number of amides is 1. The van der Waals surface area contributed by atoms with Gasteiger partial charge in [-0.2, -0.15) is 0 Å². The average molecular weight is 490 g/mol. The monoisotopic (exact) mass is 489 g/mol. The molecule has 1 aromatic heterocycles. The maximum absolute atomic E-state index is 13.4. The maximum atomic E-state index is 13.4. The highest BCUT2D eigenvalue weighted by Gasteiger charge is 2.32. The lowest BCUT2D eigenvalue weighted by atomic mass is 9.77. The second-order valence-electron chi connectivity index (χ2n) is 10.9. The zero-order valence-corrected chi connectivity index (χ0v) is 22.1. The molecule has 5 atom stereocenters. The van der Waals surface area contributed by atoms with Gasteiger partial charge in [-0.1, -0.05) is 72.6 Å². The molecule has 1 amide bonds. The van der Waals surface area contributed by atoms with Crippen molar-refractivity contribution >= 4 is 11.7 Å². The number of carbonyl (C=O) groups excluding carboxylic acids is 2. The molecule has 1 aliphatic rings. The minimum absolute atomic E-state index is 0.0131. The third-order valence-electron chi connectivity index (χ3n) is 7.97. The summed E-state index contributed by atoms with van der Waals surface area (Å²) in [5, 5.41) is 25.8. The van der Waals surface area contributed by atoms with Crippen molar-refractivity contribution in [1.82, 2.24) is 5.32 Å². The zero-order valence-electron chi connectivity index (χ0n) is 22.1. The molecule has 1 aromatic rings. The van der Waals surface area contributed by atoms with Gasteiger partial charge >= 0.3 is 0 Å². The molecule has 1 heterocycles. The number of aromatic nitrogens is 1. The van der Waals surface area contributed by atoms with Crippen molar-refractivity contribution in [3.8, 4) is 0 Å². The van der Waals surface area contributed by atoms with Crippen molar-refractivity contribution < 1.29 is 24.6 Å². The van der Waals surface area contributed by atoms with Crippen LogP contribution in [0.2, 0.25) is 0 Å². The first-order chi connectivity index (χ1) is 16.6. The molecule has 198 valence electrons. The SMILES string of the molecule is CCC(C)[C@@H](CC(=O)[C@@H](CC([O-])[C@@H](N)CC1CCCCC1)C(C)C)C(=O)NCc1cccc[n+]1O. The highest BCUT2D eigenvalue weighted by Crippen LogP contribution is 2.30. The third kappa shape index (κ3) is 9.19. The molecule has 0 spiro atoms. The highest BCUT2D eigenvalue weighted by molar-refractivity contribution is 5.88. The van der Waals surface area contributed by atoms with Crippen LogP contribution in [0.1, 0.15) is 91.2 Å². The second kappa shape index (κ2) is 14.5. The summed E-state index contributed by atoms with van der Waals surface area (Å²) in [6.07, 6.45) is 8.39. The van der Waals surface area contributed by atoms with E-state index in [1.54, 1.807) is 18.2 Å². The van der Waals surface area contributed by atoms with Crippen LogP contribution in [-0.4, -0.2) is 29.0 Å². The van der Waals surface area contributed by atoms with Gasteiger partial charge in [-0.05, 0) is 36.3 Å². The first-order valence-corrected chi connectivity index (χ1v) is 13.5. The minimum atomic E-state index is -0.970. The molecule has 1 fully saturated rings. The molecule has 1 saturated carbocycles. The Bertz CT molecular complexity index is 794. The number of nitrogens with one attached hydrogen (secondary N) is 1. The standard InChI is InChI=1S/C28H47N3O4/c1-5-20(4)24(28(34)30-18-22-13-9-10-14-31(22)35)17-26(32)23(19(2)3)16-27(33)25(29)15-21-11-7-6-8-12-21/h9-10,13-14,19-21,23-25,27,35H,5-8,11-12,15-18,29H2,1-4H3,(H,30,34)/t20?,23-,24+,25-,27?/m0/s1. The van der Waals surface area contributed by atoms with Crippen molar-refractivity contribution in [2.24, 2.45) is 35.3 Å². The summed E-state index contributed by atoms with van der Waals surface area (Å²) in [7, 11) is 0. The Morgan fingerprint density at radius 2 is 1.86 bits per heavy atom. The highest BCUT2D eigenvalue weighted by atomic mass is 16.5. The van der Waals surface area contributed by atoms with Crippen molar-refractivity contribution in [3.05, 3.63) is 30.1 Å². The number of nitrogens with two attached hydrogens (primary N) is 1. The fraction of sp³-hybridized carbons (Fsp3) is 0.750. The van der Waals surface area contributed by atoms with Crippen LogP contribution in [0.3, 0.4) is 0 Å². The Balaban J connectivity index is 2.00. The summed E-state index contributed by atoms with van der Waals surface area (Å²) in [6, 6.07) is 4.78. The number of ketones is 1. The van der Waals surface area contributed by atoms with E-state index in [1.807, 2.05) is 27.7 Å². The van der Waals surface area contributed by atoms with E-state index < -0.39 is 24.0 Å². The predicted molar refractivity (Wildman–Crippen MR) is 134 cm³/mol. The van der Waals surface area contributed by atoms with Gasteiger partial charge in [0.1, 0.15) is 12.3 Å². The lowest BCUT2D eigenvalue weighted by Crippen LogP contribution is -2.48. The summed E-state index contributed by atoms with van der Waals surface area (Å²) in [5.41, 5.74) is 6.86. The van der Waals surface area contributed by atoms with Crippen molar-refractivity contribution in [2.45, 2.75) is 104 Å². The van der Waals surface area contributed by atoms with Crippen LogP contribution >= 0.6 is 0 Å². The molecule has 2 unspecified atom stereocenters. The van der Waals surface area contributed by atoms with Crippen molar-refractivity contribution in [2.75, 3.05) is 0 Å². The Hall–Kier alpha value is -1.99. The molecule has 0 aromatic carbocycles. The molecule has 35 heavy (non-hydrogen) atoms. The summed E-state index contributed by atoms with van der Waals surface area (Å²) in [6.45, 7) is 8.09. The van der Waals surface area contributed by atoms with E-state index >= 15 is 0 Å². The van der Waals surface area contributed by atoms with E-state index in [2.05, 4.69) is 5.32 Å². The molecule has 7 nitrogen and oxygen atoms in total. The van der Waals surface area contributed by atoms with E-state index in [4.69, 9.17) is 5.73 Å². The van der Waals surface area contributed by atoms with Crippen molar-refractivity contribution in [1.29, 1.82) is 0 Å². The van der Waals surface area contributed by atoms with Crippen molar-refractivity contribution in [3.63, 3.8) is 0 Å². The van der Waals surface area contributed by atoms with Crippen LogP contribution in [0, 0.1) is 29.6 Å². The fourth-order valence-electron chi connectivity index (χ4n) is 5.28. The smallest absolute Gasteiger partial charge is 0.253 e. The maximum Gasteiger partial charge on any atom is 0.253 e. The Morgan fingerprint density at radius 1 is 1.17 bits per heavy atom. The number of rotatable bonds is 14. The number of pyridine rings is 1. The zero-order chi connectivity index (χ0) is 26.0. The Kier molecular flexibility index (Phi) is 12.1. The largest absolute Gasteiger partial charge is 0.851 e. The minimum Gasteiger partial charge on any atom is -0.851 e. The third-order valence-corrected chi connectivity index (χ3v) is 7.97. The molecule has 0 saturated heterocycles. The van der Waals surface area contributed by atoms with Gasteiger partial charge in [0.15, 0.2) is 0 Å². The fourth-order valence-corrected chi connectivity index (χ4v) is 5.28. The summed E-state index contributed by atoms with van der Waals surface area (Å²) < 4.78 is 0.976. The molecule has 4 N–H and O–H groups in total. The van der Waals surface area contributed by atoms with E-state index in [-0.39, 0.29) is 42.9 Å². The summed E-state index contributed by atoms with van der Waals surface area (Å²) in [4.78, 5) is 26.5. The van der Waals surface area contributed by atoms with Gasteiger partial charge in [0.25, 0.3) is 5.69 Å². The number of hydrogen-bond acceptors (Lipinski definition) is 5. The molecule has 1 aliphatic carbocycles. The molecule has 2 rings (SSSR count). The summed E-state index contributed by atoms with van der Waals surface area (Å²) in [5.74, 6) is -0.549. The number of Topliss-reactive ketones (excluding diaryl/α,β-unsaturated/α-hetero) is 1. The molecule has 7 heteroatoms. The first kappa shape index (κ1) is 29.2. The number of nitrogens with zero attached hydrogens (tertiary/aromatic N) is 1. The van der Waals surface area contributed by atoms with Crippen LogP contribution in [0.15, 0.2) is 24.4 Å². The van der Waals surface area contributed by atoms with Crippen LogP contribution < -0.4 is 20.9 Å². The van der Waals surface area contributed by atoms with Gasteiger partial charge in [-0.3, -0.25) is 14.8 Å². The van der Waals surface area contributed by atoms with Gasteiger partial charge in [0.2, 0.25) is 12.1 Å². The van der Waals surface area contributed by atoms with Gasteiger partial charge in [-0.15, -0.1) is 6.10 Å². The number of carbonyl (C=O) groups is 2. The summed E-state index contributed by atoms with van der Waals surface area (Å²) >= 11 is 0. The topological polar surface area (TPSA) is 119 Å². The normalized spacial score (nSPS) is 19.1. The molecule has 0 radical (unpaired) electrons. The van der Waals surface area contributed by atoms with Crippen LogP contribution in [-0.2, 0) is 16.1 Å². The van der Waals surface area contributed by atoms with E-state index in [9.17, 15) is 19.9 Å². The Labute approximate surface area is 211 Å². The van der Waals surface area contributed by atoms with Gasteiger partial charge in [0, 0.05) is 35.1 Å². The second-order valence-corrected chi connectivity index (χ2v) is 10.9. The molecular formula is C28H47N3O4. The van der Waals surface area contributed by atoms with E-state index in [0.717, 1.165) is 30.4 Å². The van der Waals surface area contributed by atoms with Gasteiger partial charge < -0.3 is 16.2 Å². The van der Waals surface area contributed by atoms with Crippen LogP contribution in [0.25, 0.3) is 0 Å². The first-order valence-electron chi connectivity index (χ1n) is 13.5. The lowest BCUT2D eigenvalue weighted by Gasteiger charge is -2.36. The predicted octanol–water partition coefficient (Wildman–Crippen LogP) is 3.14. The lowest BCUT2D eigenvalue weighted by molar-refractivity contribution is -0.909. The Morgan fingerprint density at radius 3 is 2.46 bits per heavy atom. The van der Waals surface area contributed by atoms with Crippen LogP contribution in [0.5, 0.6) is 0 Å². The number of hydrogen-bond donors (Lipinski definition) is 3. The molecule has 0 aliphatic heterocycles. The van der Waals surface area contributed by atoms with E-state index in [1.165, 1.54) is 25.5 Å². The van der Waals surface area contributed by atoms with Crippen LogP contribution in [0.4, 0.5) is 0 Å². The molecule has 0 bridgehead atoms. The van der Waals surface area contributed by atoms with Gasteiger partial charge in [-0.25, -0.2) is 0 Å². The van der Waals surface area contributed by atoms with Gasteiger partial charge in [0.05, 0.1) is 0 Å². The van der Waals surface area contributed by atoms with E-state index in [0.29, 0.717) is 11.6 Å². The average Bonchev–Trinajstić information content (AvgIpc) is 2.84.